The number of anilines is 1. The Morgan fingerprint density at radius 3 is 2.17 bits per heavy atom. The van der Waals surface area contributed by atoms with Crippen LogP contribution in [0.4, 0.5) is 5.69 Å². The number of nitrogens with one attached hydrogen (secondary N) is 1. The van der Waals surface area contributed by atoms with Gasteiger partial charge in [-0.25, -0.2) is 4.99 Å². The standard InChI is InChI=1S/C44H33BrN4O3S/c1-28-39(42(50)47-34-18-10-5-11-19-34)41(31-17-12-20-36(25-31)52-2)49-43(51)38(53-44(49)46-28)27-32-26-37(29-13-6-3-7-14-29)48(35-23-21-33(45)22-24-35)40(32)30-15-8-4-9-16-30/h3-27,41H,1-2H3,(H,47,50)/b38-27-/t41-/m1/s1. The fourth-order valence-corrected chi connectivity index (χ4v) is 8.11. The summed E-state index contributed by atoms with van der Waals surface area (Å²) < 4.78 is 10.9. The molecular formula is C44H33BrN4O3S. The second-order valence-corrected chi connectivity index (χ2v) is 14.5. The number of hydrogen-bond acceptors (Lipinski definition) is 5. The second-order valence-electron chi connectivity index (χ2n) is 12.6. The summed E-state index contributed by atoms with van der Waals surface area (Å²) in [5.41, 5.74) is 7.90. The molecule has 5 aromatic carbocycles. The number of rotatable bonds is 8. The molecule has 53 heavy (non-hydrogen) atoms. The molecule has 7 nitrogen and oxygen atoms in total. The van der Waals surface area contributed by atoms with Crippen LogP contribution in [-0.4, -0.2) is 22.2 Å². The lowest BCUT2D eigenvalue weighted by Crippen LogP contribution is -2.40. The average Bonchev–Trinajstić information content (AvgIpc) is 3.72. The third-order valence-corrected chi connectivity index (χ3v) is 10.7. The number of hydrogen-bond donors (Lipinski definition) is 1. The van der Waals surface area contributed by atoms with Gasteiger partial charge in [-0.2, -0.15) is 0 Å². The highest BCUT2D eigenvalue weighted by molar-refractivity contribution is 9.10. The molecule has 0 saturated carbocycles. The monoisotopic (exact) mass is 776 g/mol. The van der Waals surface area contributed by atoms with E-state index in [1.807, 2.05) is 116 Å². The van der Waals surface area contributed by atoms with Gasteiger partial charge in [0.25, 0.3) is 11.5 Å². The lowest BCUT2D eigenvalue weighted by molar-refractivity contribution is -0.113. The highest BCUT2D eigenvalue weighted by Gasteiger charge is 2.33. The highest BCUT2D eigenvalue weighted by Crippen LogP contribution is 2.37. The number of para-hydroxylation sites is 1. The van der Waals surface area contributed by atoms with Gasteiger partial charge in [-0.05, 0) is 84.3 Å². The number of benzene rings is 5. The Kier molecular flexibility index (Phi) is 9.35. The van der Waals surface area contributed by atoms with Crippen LogP contribution in [-0.2, 0) is 4.79 Å². The molecule has 2 aromatic heterocycles. The number of allylic oxidation sites excluding steroid dienone is 1. The third-order valence-electron chi connectivity index (χ3n) is 9.23. The Morgan fingerprint density at radius 1 is 0.830 bits per heavy atom. The first-order valence-electron chi connectivity index (χ1n) is 17.0. The molecule has 9 heteroatoms. The predicted octanol–water partition coefficient (Wildman–Crippen LogP) is 8.77. The summed E-state index contributed by atoms with van der Waals surface area (Å²) in [6, 6.07) is 46.9. The van der Waals surface area contributed by atoms with Gasteiger partial charge in [0, 0.05) is 21.4 Å². The second kappa shape index (κ2) is 14.5. The number of methoxy groups -OCH3 is 1. The van der Waals surface area contributed by atoms with Crippen molar-refractivity contribution in [2.24, 2.45) is 4.99 Å². The Balaban J connectivity index is 1.36. The van der Waals surface area contributed by atoms with Crippen LogP contribution in [0.5, 0.6) is 5.75 Å². The van der Waals surface area contributed by atoms with Gasteiger partial charge in [0.2, 0.25) is 0 Å². The first-order chi connectivity index (χ1) is 25.9. The first kappa shape index (κ1) is 34.1. The molecule has 0 saturated heterocycles. The number of nitrogens with zero attached hydrogens (tertiary/aromatic N) is 3. The van der Waals surface area contributed by atoms with Gasteiger partial charge >= 0.3 is 0 Å². The van der Waals surface area contributed by atoms with Crippen molar-refractivity contribution in [1.82, 2.24) is 9.13 Å². The van der Waals surface area contributed by atoms with Crippen molar-refractivity contribution in [3.8, 4) is 34.0 Å². The Morgan fingerprint density at radius 2 is 1.49 bits per heavy atom. The third kappa shape index (κ3) is 6.61. The fourth-order valence-electron chi connectivity index (χ4n) is 6.81. The quantitative estimate of drug-likeness (QED) is 0.168. The van der Waals surface area contributed by atoms with E-state index in [4.69, 9.17) is 9.73 Å². The van der Waals surface area contributed by atoms with Crippen molar-refractivity contribution in [1.29, 1.82) is 0 Å². The topological polar surface area (TPSA) is 77.6 Å². The van der Waals surface area contributed by atoms with Gasteiger partial charge in [0.15, 0.2) is 4.80 Å². The maximum absolute atomic E-state index is 14.8. The molecule has 0 unspecified atom stereocenters. The predicted molar refractivity (Wildman–Crippen MR) is 216 cm³/mol. The lowest BCUT2D eigenvalue weighted by atomic mass is 9.95. The summed E-state index contributed by atoms with van der Waals surface area (Å²) in [4.78, 5) is 34.3. The molecule has 260 valence electrons. The molecule has 0 bridgehead atoms. The number of carbonyl (C=O) groups excluding carboxylic acids is 1. The maximum Gasteiger partial charge on any atom is 0.271 e. The fraction of sp³-hybridized carbons (Fsp3) is 0.0682. The number of amides is 1. The molecule has 1 atom stereocenters. The number of thiazole rings is 1. The lowest BCUT2D eigenvalue weighted by Gasteiger charge is -2.25. The van der Waals surface area contributed by atoms with Crippen molar-refractivity contribution >= 4 is 44.9 Å². The molecule has 7 aromatic rings. The minimum atomic E-state index is -0.743. The van der Waals surface area contributed by atoms with Gasteiger partial charge in [0.1, 0.15) is 5.75 Å². The molecule has 1 N–H and O–H groups in total. The molecular weight excluding hydrogens is 744 g/mol. The zero-order valence-electron chi connectivity index (χ0n) is 28.9. The summed E-state index contributed by atoms with van der Waals surface area (Å²) in [5.74, 6) is 0.294. The number of aromatic nitrogens is 2. The van der Waals surface area contributed by atoms with Crippen LogP contribution in [0.1, 0.15) is 24.1 Å². The number of halogens is 1. The molecule has 0 aliphatic carbocycles. The van der Waals surface area contributed by atoms with Crippen molar-refractivity contribution in [2.45, 2.75) is 13.0 Å². The van der Waals surface area contributed by atoms with Crippen molar-refractivity contribution < 1.29 is 9.53 Å². The van der Waals surface area contributed by atoms with Gasteiger partial charge in [-0.15, -0.1) is 0 Å². The summed E-state index contributed by atoms with van der Waals surface area (Å²) in [6.07, 6.45) is 1.96. The molecule has 1 aliphatic rings. The Labute approximate surface area is 318 Å². The SMILES string of the molecule is COc1cccc([C@@H]2C(C(=O)Nc3ccccc3)=C(C)N=c3s/c(=C\c4cc(-c5ccccc5)n(-c5ccc(Br)cc5)c4-c4ccccc4)c(=O)n32)c1. The zero-order valence-corrected chi connectivity index (χ0v) is 31.3. The summed E-state index contributed by atoms with van der Waals surface area (Å²) >= 11 is 4.91. The molecule has 1 amide bonds. The van der Waals surface area contributed by atoms with E-state index >= 15 is 0 Å². The van der Waals surface area contributed by atoms with E-state index in [2.05, 4.69) is 68.3 Å². The molecule has 0 spiro atoms. The zero-order chi connectivity index (χ0) is 36.5. The van der Waals surface area contributed by atoms with Gasteiger partial charge < -0.3 is 14.6 Å². The van der Waals surface area contributed by atoms with Crippen LogP contribution in [0.2, 0.25) is 0 Å². The van der Waals surface area contributed by atoms with Crippen molar-refractivity contribution in [2.75, 3.05) is 12.4 Å². The van der Waals surface area contributed by atoms with Crippen LogP contribution in [0.3, 0.4) is 0 Å². The van der Waals surface area contributed by atoms with Crippen LogP contribution in [0.25, 0.3) is 34.3 Å². The van der Waals surface area contributed by atoms with Crippen molar-refractivity contribution in [3.05, 3.63) is 192 Å². The summed E-state index contributed by atoms with van der Waals surface area (Å²) in [7, 11) is 1.60. The number of carbonyl (C=O) groups is 1. The molecule has 1 aliphatic heterocycles. The van der Waals surface area contributed by atoms with Crippen molar-refractivity contribution in [3.63, 3.8) is 0 Å². The maximum atomic E-state index is 14.8. The molecule has 0 fully saturated rings. The Hall–Kier alpha value is -6.03. The average molecular weight is 778 g/mol. The van der Waals surface area contributed by atoms with E-state index in [-0.39, 0.29) is 11.5 Å². The molecule has 8 rings (SSSR count). The largest absolute Gasteiger partial charge is 0.497 e. The number of fused-ring (bicyclic) bond motifs is 1. The van der Waals surface area contributed by atoms with Gasteiger partial charge in [-0.3, -0.25) is 14.2 Å². The molecule has 0 radical (unpaired) electrons. The first-order valence-corrected chi connectivity index (χ1v) is 18.7. The van der Waals surface area contributed by atoms with Gasteiger partial charge in [-0.1, -0.05) is 118 Å². The van der Waals surface area contributed by atoms with E-state index in [1.54, 1.807) is 11.7 Å². The number of ether oxygens (including phenoxy) is 1. The summed E-state index contributed by atoms with van der Waals surface area (Å²) in [5, 5.41) is 3.02. The highest BCUT2D eigenvalue weighted by atomic mass is 79.9. The van der Waals surface area contributed by atoms with E-state index in [0.717, 1.165) is 43.8 Å². The molecule has 3 heterocycles. The smallest absolute Gasteiger partial charge is 0.271 e. The van der Waals surface area contributed by atoms with Crippen LogP contribution < -0.4 is 24.9 Å². The normalized spacial score (nSPS) is 14.1. The van der Waals surface area contributed by atoms with E-state index in [1.165, 1.54) is 11.3 Å². The van der Waals surface area contributed by atoms with Crippen LogP contribution >= 0.6 is 27.3 Å². The minimum Gasteiger partial charge on any atom is -0.497 e. The summed E-state index contributed by atoms with van der Waals surface area (Å²) in [6.45, 7) is 1.82. The Bertz CT molecular complexity index is 2680. The minimum absolute atomic E-state index is 0.240. The van der Waals surface area contributed by atoms with Crippen LogP contribution in [0.15, 0.2) is 171 Å². The van der Waals surface area contributed by atoms with Crippen LogP contribution in [0, 0.1) is 0 Å². The van der Waals surface area contributed by atoms with Gasteiger partial charge in [0.05, 0.1) is 40.3 Å². The van der Waals surface area contributed by atoms with E-state index in [9.17, 15) is 9.59 Å². The van der Waals surface area contributed by atoms with E-state index in [0.29, 0.717) is 32.0 Å². The van der Waals surface area contributed by atoms with E-state index < -0.39 is 6.04 Å².